The number of carboxylic acids is 1. The van der Waals surface area contributed by atoms with E-state index in [2.05, 4.69) is 10.3 Å². The number of benzene rings is 1. The van der Waals surface area contributed by atoms with Crippen LogP contribution in [0.2, 0.25) is 0 Å². The highest BCUT2D eigenvalue weighted by molar-refractivity contribution is 5.99. The summed E-state index contributed by atoms with van der Waals surface area (Å²) in [5.41, 5.74) is 0.755. The Labute approximate surface area is 128 Å². The van der Waals surface area contributed by atoms with Crippen LogP contribution in [0.5, 0.6) is 0 Å². The molecule has 0 aliphatic heterocycles. The summed E-state index contributed by atoms with van der Waals surface area (Å²) in [4.78, 5) is 27.6. The zero-order valence-corrected chi connectivity index (χ0v) is 12.5. The highest BCUT2D eigenvalue weighted by Gasteiger charge is 2.16. The normalized spacial score (nSPS) is 10.7. The van der Waals surface area contributed by atoms with Crippen molar-refractivity contribution in [2.24, 2.45) is 0 Å². The van der Waals surface area contributed by atoms with Crippen LogP contribution in [0.25, 0.3) is 11.5 Å². The number of hydrogen-bond donors (Lipinski definition) is 2. The number of hydrogen-bond acceptors (Lipinski definition) is 4. The standard InChI is InChI=1S/C16H18N2O4/c1-3-13(4-2)18-14(19)10-7-11(15-17-5-6-22-15)9-12(8-10)16(20)21/h5-9,13H,3-4H2,1-2H3,(H,18,19)(H,20,21). The minimum atomic E-state index is -1.11. The molecule has 2 N–H and O–H groups in total. The van der Waals surface area contributed by atoms with Gasteiger partial charge in [-0.25, -0.2) is 9.78 Å². The van der Waals surface area contributed by atoms with Gasteiger partial charge in [-0.2, -0.15) is 0 Å². The first-order valence-electron chi connectivity index (χ1n) is 7.14. The molecule has 0 radical (unpaired) electrons. The Bertz CT molecular complexity index is 661. The Kier molecular flexibility index (Phi) is 4.93. The van der Waals surface area contributed by atoms with Crippen LogP contribution in [0, 0.1) is 0 Å². The van der Waals surface area contributed by atoms with Crippen molar-refractivity contribution in [2.45, 2.75) is 32.7 Å². The van der Waals surface area contributed by atoms with Crippen LogP contribution >= 0.6 is 0 Å². The fraction of sp³-hybridized carbons (Fsp3) is 0.312. The third-order valence-corrected chi connectivity index (χ3v) is 3.44. The summed E-state index contributed by atoms with van der Waals surface area (Å²) in [7, 11) is 0. The molecule has 0 unspecified atom stereocenters. The average Bonchev–Trinajstić information content (AvgIpc) is 3.06. The van der Waals surface area contributed by atoms with E-state index < -0.39 is 5.97 Å². The summed E-state index contributed by atoms with van der Waals surface area (Å²) in [5.74, 6) is -1.13. The van der Waals surface area contributed by atoms with Crippen LogP contribution in [0.15, 0.2) is 35.1 Å². The first-order chi connectivity index (χ1) is 10.5. The Morgan fingerprint density at radius 3 is 2.45 bits per heavy atom. The first-order valence-corrected chi connectivity index (χ1v) is 7.14. The van der Waals surface area contributed by atoms with E-state index in [4.69, 9.17) is 4.42 Å². The van der Waals surface area contributed by atoms with Gasteiger partial charge in [-0.1, -0.05) is 13.8 Å². The quantitative estimate of drug-likeness (QED) is 0.855. The lowest BCUT2D eigenvalue weighted by atomic mass is 10.0. The topological polar surface area (TPSA) is 92.4 Å². The van der Waals surface area contributed by atoms with E-state index in [1.165, 1.54) is 24.6 Å². The molecule has 0 saturated heterocycles. The van der Waals surface area contributed by atoms with Crippen molar-refractivity contribution >= 4 is 11.9 Å². The fourth-order valence-electron chi connectivity index (χ4n) is 2.13. The number of amides is 1. The van der Waals surface area contributed by atoms with Gasteiger partial charge in [0.25, 0.3) is 5.91 Å². The van der Waals surface area contributed by atoms with Gasteiger partial charge in [-0.05, 0) is 31.0 Å². The van der Waals surface area contributed by atoms with Crippen molar-refractivity contribution in [1.82, 2.24) is 10.3 Å². The van der Waals surface area contributed by atoms with E-state index in [-0.39, 0.29) is 29.0 Å². The van der Waals surface area contributed by atoms with Gasteiger partial charge >= 0.3 is 5.97 Å². The number of aromatic nitrogens is 1. The molecule has 0 aliphatic rings. The first kappa shape index (κ1) is 15.8. The van der Waals surface area contributed by atoms with Crippen LogP contribution in [-0.4, -0.2) is 28.0 Å². The maximum Gasteiger partial charge on any atom is 0.335 e. The van der Waals surface area contributed by atoms with Gasteiger partial charge in [0.1, 0.15) is 6.26 Å². The number of rotatable bonds is 6. The smallest absolute Gasteiger partial charge is 0.335 e. The van der Waals surface area contributed by atoms with Crippen molar-refractivity contribution in [3.05, 3.63) is 41.8 Å². The SMILES string of the molecule is CCC(CC)NC(=O)c1cc(C(=O)O)cc(-c2ncco2)c1. The second-order valence-corrected chi connectivity index (χ2v) is 4.93. The van der Waals surface area contributed by atoms with E-state index in [0.29, 0.717) is 5.56 Å². The second kappa shape index (κ2) is 6.89. The maximum atomic E-state index is 12.3. The van der Waals surface area contributed by atoms with E-state index in [1.807, 2.05) is 13.8 Å². The lowest BCUT2D eigenvalue weighted by Gasteiger charge is -2.15. The predicted octanol–water partition coefficient (Wildman–Crippen LogP) is 2.96. The second-order valence-electron chi connectivity index (χ2n) is 4.93. The summed E-state index contributed by atoms with van der Waals surface area (Å²) in [6.45, 7) is 3.97. The largest absolute Gasteiger partial charge is 0.478 e. The maximum absolute atomic E-state index is 12.3. The molecule has 116 valence electrons. The molecule has 1 aromatic heterocycles. The van der Waals surface area contributed by atoms with E-state index >= 15 is 0 Å². The van der Waals surface area contributed by atoms with Crippen LogP contribution in [0.3, 0.4) is 0 Å². The number of aromatic carboxylic acids is 1. The van der Waals surface area contributed by atoms with Crippen LogP contribution in [0.4, 0.5) is 0 Å². The van der Waals surface area contributed by atoms with Crippen LogP contribution in [0.1, 0.15) is 47.4 Å². The Hall–Kier alpha value is -2.63. The van der Waals surface area contributed by atoms with Crippen LogP contribution in [-0.2, 0) is 0 Å². The number of carboxylic acid groups (broad SMARTS) is 1. The van der Waals surface area contributed by atoms with Gasteiger partial charge in [0.15, 0.2) is 0 Å². The molecule has 0 atom stereocenters. The molecule has 0 fully saturated rings. The molecule has 22 heavy (non-hydrogen) atoms. The van der Waals surface area contributed by atoms with Crippen molar-refractivity contribution < 1.29 is 19.1 Å². The van der Waals surface area contributed by atoms with Gasteiger partial charge in [0.05, 0.1) is 11.8 Å². The van der Waals surface area contributed by atoms with E-state index in [0.717, 1.165) is 12.8 Å². The third kappa shape index (κ3) is 3.52. The molecular weight excluding hydrogens is 284 g/mol. The molecule has 6 nitrogen and oxygen atoms in total. The minimum Gasteiger partial charge on any atom is -0.478 e. The molecule has 1 aromatic carbocycles. The molecule has 0 bridgehead atoms. The van der Waals surface area contributed by atoms with Gasteiger partial charge in [0.2, 0.25) is 5.89 Å². The zero-order chi connectivity index (χ0) is 16.1. The summed E-state index contributed by atoms with van der Waals surface area (Å²) in [6, 6.07) is 4.43. The molecule has 0 spiro atoms. The van der Waals surface area contributed by atoms with Crippen molar-refractivity contribution in [1.29, 1.82) is 0 Å². The zero-order valence-electron chi connectivity index (χ0n) is 12.5. The molecular formula is C16H18N2O4. The van der Waals surface area contributed by atoms with Crippen LogP contribution < -0.4 is 5.32 Å². The Balaban J connectivity index is 2.38. The molecule has 1 heterocycles. The Morgan fingerprint density at radius 2 is 1.91 bits per heavy atom. The monoisotopic (exact) mass is 302 g/mol. The average molecular weight is 302 g/mol. The number of nitrogens with zero attached hydrogens (tertiary/aromatic N) is 1. The highest BCUT2D eigenvalue weighted by atomic mass is 16.4. The molecule has 2 rings (SSSR count). The molecule has 2 aromatic rings. The minimum absolute atomic E-state index is 0.0189. The molecule has 6 heteroatoms. The van der Waals surface area contributed by atoms with Gasteiger partial charge in [0, 0.05) is 17.2 Å². The molecule has 0 saturated carbocycles. The summed E-state index contributed by atoms with van der Waals surface area (Å²) in [6.07, 6.45) is 4.49. The number of oxazole rings is 1. The summed E-state index contributed by atoms with van der Waals surface area (Å²) >= 11 is 0. The van der Waals surface area contributed by atoms with Crippen molar-refractivity contribution in [3.8, 4) is 11.5 Å². The van der Waals surface area contributed by atoms with Gasteiger partial charge < -0.3 is 14.8 Å². The summed E-state index contributed by atoms with van der Waals surface area (Å²) in [5, 5.41) is 12.1. The molecule has 1 amide bonds. The molecule has 0 aliphatic carbocycles. The van der Waals surface area contributed by atoms with Crippen molar-refractivity contribution in [3.63, 3.8) is 0 Å². The Morgan fingerprint density at radius 1 is 1.23 bits per heavy atom. The summed E-state index contributed by atoms with van der Waals surface area (Å²) < 4.78 is 5.18. The van der Waals surface area contributed by atoms with E-state index in [9.17, 15) is 14.7 Å². The number of carbonyl (C=O) groups is 2. The predicted molar refractivity (Wildman–Crippen MR) is 80.7 cm³/mol. The van der Waals surface area contributed by atoms with E-state index in [1.54, 1.807) is 6.07 Å². The lowest BCUT2D eigenvalue weighted by Crippen LogP contribution is -2.33. The lowest BCUT2D eigenvalue weighted by molar-refractivity contribution is 0.0697. The highest BCUT2D eigenvalue weighted by Crippen LogP contribution is 2.21. The number of carbonyl (C=O) groups excluding carboxylic acids is 1. The van der Waals surface area contributed by atoms with Gasteiger partial charge in [-0.3, -0.25) is 4.79 Å². The number of nitrogens with one attached hydrogen (secondary N) is 1. The fourth-order valence-corrected chi connectivity index (χ4v) is 2.13. The third-order valence-electron chi connectivity index (χ3n) is 3.44. The van der Waals surface area contributed by atoms with Crippen molar-refractivity contribution in [2.75, 3.05) is 0 Å². The van der Waals surface area contributed by atoms with Gasteiger partial charge in [-0.15, -0.1) is 0 Å².